The summed E-state index contributed by atoms with van der Waals surface area (Å²) in [6, 6.07) is 8.56. The number of nitrogens with zero attached hydrogens (tertiary/aromatic N) is 1. The lowest BCUT2D eigenvalue weighted by atomic mass is 9.84. The lowest BCUT2D eigenvalue weighted by Crippen LogP contribution is -2.40. The van der Waals surface area contributed by atoms with Gasteiger partial charge in [0, 0.05) is 6.54 Å². The Morgan fingerprint density at radius 1 is 1.04 bits per heavy atom. The Morgan fingerprint density at radius 2 is 1.68 bits per heavy atom. The van der Waals surface area contributed by atoms with Crippen molar-refractivity contribution in [2.45, 2.75) is 63.9 Å². The Balaban J connectivity index is 0.00000225. The van der Waals surface area contributed by atoms with Crippen molar-refractivity contribution in [2.75, 3.05) is 26.2 Å². The van der Waals surface area contributed by atoms with Crippen LogP contribution in [0, 0.1) is 5.92 Å². The van der Waals surface area contributed by atoms with Crippen LogP contribution in [-0.4, -0.2) is 42.4 Å². The Labute approximate surface area is 159 Å². The SMILES string of the molecule is CC1CCN(CC(O)COc2ccc(C3CCCCC3)cc2)CC1.Cl. The highest BCUT2D eigenvalue weighted by atomic mass is 35.5. The number of β-amino-alcohol motifs (C(OH)–C–C–N with tert-alkyl or cyclic N) is 1. The molecule has 1 N–H and O–H groups in total. The smallest absolute Gasteiger partial charge is 0.119 e. The van der Waals surface area contributed by atoms with Crippen molar-refractivity contribution in [3.8, 4) is 5.75 Å². The highest BCUT2D eigenvalue weighted by Crippen LogP contribution is 2.33. The van der Waals surface area contributed by atoms with Gasteiger partial charge in [0.25, 0.3) is 0 Å². The third-order valence-corrected chi connectivity index (χ3v) is 5.74. The Hall–Kier alpha value is -0.770. The summed E-state index contributed by atoms with van der Waals surface area (Å²) >= 11 is 0. The van der Waals surface area contributed by atoms with Gasteiger partial charge in [0.1, 0.15) is 18.5 Å². The Bertz CT molecular complexity index is 479. The molecule has 1 aliphatic carbocycles. The predicted octanol–water partition coefficient (Wildman–Crippen LogP) is 4.63. The van der Waals surface area contributed by atoms with Crippen LogP contribution in [0.25, 0.3) is 0 Å². The number of halogens is 1. The van der Waals surface area contributed by atoms with Crippen LogP contribution in [0.5, 0.6) is 5.75 Å². The zero-order chi connectivity index (χ0) is 16.8. The molecule has 0 spiro atoms. The van der Waals surface area contributed by atoms with Gasteiger partial charge in [0.05, 0.1) is 0 Å². The zero-order valence-electron chi connectivity index (χ0n) is 15.5. The maximum Gasteiger partial charge on any atom is 0.119 e. The summed E-state index contributed by atoms with van der Waals surface area (Å²) in [5, 5.41) is 10.2. The van der Waals surface area contributed by atoms with Gasteiger partial charge in [-0.05, 0) is 68.3 Å². The molecule has 3 rings (SSSR count). The number of hydrogen-bond donors (Lipinski definition) is 1. The number of likely N-dealkylation sites (tertiary alicyclic amines) is 1. The summed E-state index contributed by atoms with van der Waals surface area (Å²) in [6.45, 7) is 5.64. The number of ether oxygens (including phenoxy) is 1. The fourth-order valence-corrected chi connectivity index (χ4v) is 4.06. The van der Waals surface area contributed by atoms with E-state index in [0.717, 1.165) is 37.2 Å². The third-order valence-electron chi connectivity index (χ3n) is 5.74. The summed E-state index contributed by atoms with van der Waals surface area (Å²) in [4.78, 5) is 2.36. The minimum Gasteiger partial charge on any atom is -0.491 e. The first kappa shape index (κ1) is 20.5. The molecule has 4 heteroatoms. The molecule has 1 heterocycles. The van der Waals surface area contributed by atoms with Crippen molar-refractivity contribution in [2.24, 2.45) is 5.92 Å². The van der Waals surface area contributed by atoms with Gasteiger partial charge in [-0.25, -0.2) is 0 Å². The molecule has 0 amide bonds. The number of benzene rings is 1. The van der Waals surface area contributed by atoms with Crippen molar-refractivity contribution in [3.63, 3.8) is 0 Å². The molecule has 1 aromatic carbocycles. The average molecular weight is 368 g/mol. The van der Waals surface area contributed by atoms with Gasteiger partial charge in [-0.3, -0.25) is 0 Å². The molecule has 2 fully saturated rings. The van der Waals surface area contributed by atoms with E-state index in [4.69, 9.17) is 4.74 Å². The molecule has 1 aliphatic heterocycles. The lowest BCUT2D eigenvalue weighted by Gasteiger charge is -2.31. The molecule has 1 unspecified atom stereocenters. The normalized spacial score (nSPS) is 21.5. The number of aliphatic hydroxyl groups is 1. The van der Waals surface area contributed by atoms with Crippen molar-refractivity contribution in [1.82, 2.24) is 4.90 Å². The largest absolute Gasteiger partial charge is 0.491 e. The van der Waals surface area contributed by atoms with Gasteiger partial charge in [0.2, 0.25) is 0 Å². The molecule has 25 heavy (non-hydrogen) atoms. The predicted molar refractivity (Wildman–Crippen MR) is 106 cm³/mol. The molecule has 1 saturated carbocycles. The maximum atomic E-state index is 10.2. The Kier molecular flexibility index (Phi) is 8.54. The zero-order valence-corrected chi connectivity index (χ0v) is 16.3. The molecule has 1 atom stereocenters. The first-order valence-corrected chi connectivity index (χ1v) is 9.84. The first-order valence-electron chi connectivity index (χ1n) is 9.84. The van der Waals surface area contributed by atoms with Crippen LogP contribution in [-0.2, 0) is 0 Å². The minimum absolute atomic E-state index is 0. The molecular formula is C21H34ClNO2. The molecule has 1 saturated heterocycles. The van der Waals surface area contributed by atoms with E-state index in [0.29, 0.717) is 6.61 Å². The van der Waals surface area contributed by atoms with Gasteiger partial charge in [-0.2, -0.15) is 0 Å². The topological polar surface area (TPSA) is 32.7 Å². The second kappa shape index (κ2) is 10.4. The molecule has 0 radical (unpaired) electrons. The van der Waals surface area contributed by atoms with Crippen LogP contribution >= 0.6 is 12.4 Å². The van der Waals surface area contributed by atoms with Gasteiger partial charge in [0.15, 0.2) is 0 Å². The van der Waals surface area contributed by atoms with Gasteiger partial charge in [-0.15, -0.1) is 12.4 Å². The summed E-state index contributed by atoms with van der Waals surface area (Å²) < 4.78 is 5.80. The molecule has 142 valence electrons. The maximum absolute atomic E-state index is 10.2. The van der Waals surface area contributed by atoms with E-state index in [1.54, 1.807) is 0 Å². The monoisotopic (exact) mass is 367 g/mol. The number of aliphatic hydroxyl groups excluding tert-OH is 1. The highest BCUT2D eigenvalue weighted by Gasteiger charge is 2.19. The summed E-state index contributed by atoms with van der Waals surface area (Å²) in [5.41, 5.74) is 1.45. The van der Waals surface area contributed by atoms with Gasteiger partial charge < -0.3 is 14.7 Å². The van der Waals surface area contributed by atoms with E-state index in [-0.39, 0.29) is 12.4 Å². The number of rotatable bonds is 6. The lowest BCUT2D eigenvalue weighted by molar-refractivity contribution is 0.0563. The molecule has 3 nitrogen and oxygen atoms in total. The van der Waals surface area contributed by atoms with Crippen molar-refractivity contribution < 1.29 is 9.84 Å². The van der Waals surface area contributed by atoms with Crippen LogP contribution < -0.4 is 4.74 Å². The number of hydrogen-bond acceptors (Lipinski definition) is 3. The van der Waals surface area contributed by atoms with Crippen molar-refractivity contribution >= 4 is 12.4 Å². The Morgan fingerprint density at radius 3 is 2.32 bits per heavy atom. The van der Waals surface area contributed by atoms with E-state index < -0.39 is 6.10 Å². The van der Waals surface area contributed by atoms with Crippen LogP contribution in [0.1, 0.15) is 63.4 Å². The molecule has 0 bridgehead atoms. The molecule has 0 aromatic heterocycles. The summed E-state index contributed by atoms with van der Waals surface area (Å²) in [7, 11) is 0. The van der Waals surface area contributed by atoms with Crippen molar-refractivity contribution in [1.29, 1.82) is 0 Å². The summed E-state index contributed by atoms with van der Waals surface area (Å²) in [6.07, 6.45) is 8.87. The third kappa shape index (κ3) is 6.47. The van der Waals surface area contributed by atoms with Crippen LogP contribution in [0.3, 0.4) is 0 Å². The van der Waals surface area contributed by atoms with Crippen molar-refractivity contribution in [3.05, 3.63) is 29.8 Å². The summed E-state index contributed by atoms with van der Waals surface area (Å²) in [5.74, 6) is 2.44. The van der Waals surface area contributed by atoms with E-state index in [2.05, 4.69) is 36.1 Å². The fraction of sp³-hybridized carbons (Fsp3) is 0.714. The quantitative estimate of drug-likeness (QED) is 0.795. The fourth-order valence-electron chi connectivity index (χ4n) is 4.06. The van der Waals surface area contributed by atoms with E-state index >= 15 is 0 Å². The average Bonchev–Trinajstić information content (AvgIpc) is 2.63. The van der Waals surface area contributed by atoms with E-state index in [1.165, 1.54) is 50.5 Å². The minimum atomic E-state index is -0.406. The van der Waals surface area contributed by atoms with Crippen LogP contribution in [0.15, 0.2) is 24.3 Å². The standard InChI is InChI=1S/C21H33NO2.ClH/c1-17-11-13-22(14-12-17)15-20(23)16-24-21-9-7-19(8-10-21)18-5-3-2-4-6-18;/h7-10,17-18,20,23H,2-6,11-16H2,1H3;1H. The molecule has 1 aromatic rings. The highest BCUT2D eigenvalue weighted by molar-refractivity contribution is 5.85. The van der Waals surface area contributed by atoms with Crippen LogP contribution in [0.4, 0.5) is 0 Å². The second-order valence-electron chi connectivity index (χ2n) is 7.85. The van der Waals surface area contributed by atoms with Gasteiger partial charge in [-0.1, -0.05) is 38.3 Å². The van der Waals surface area contributed by atoms with Gasteiger partial charge >= 0.3 is 0 Å². The second-order valence-corrected chi connectivity index (χ2v) is 7.85. The van der Waals surface area contributed by atoms with E-state index in [9.17, 15) is 5.11 Å². The number of piperidine rings is 1. The first-order chi connectivity index (χ1) is 11.7. The molecular weight excluding hydrogens is 334 g/mol. The molecule has 2 aliphatic rings. The van der Waals surface area contributed by atoms with Crippen LogP contribution in [0.2, 0.25) is 0 Å². The van der Waals surface area contributed by atoms with E-state index in [1.807, 2.05) is 0 Å².